The minimum Gasteiger partial charge on any atom is -0.313 e. The maximum Gasteiger partial charge on any atom is 0.209 e. The van der Waals surface area contributed by atoms with E-state index in [1.54, 1.807) is 0 Å². The highest BCUT2D eigenvalue weighted by Crippen LogP contribution is 2.37. The lowest BCUT2D eigenvalue weighted by atomic mass is 9.87. The lowest BCUT2D eigenvalue weighted by molar-refractivity contribution is 0.360. The fourth-order valence-corrected chi connectivity index (χ4v) is 4.22. The van der Waals surface area contributed by atoms with Crippen LogP contribution in [0.4, 0.5) is 0 Å². The minimum atomic E-state index is 0.505. The van der Waals surface area contributed by atoms with Crippen LogP contribution in [-0.4, -0.2) is 38.0 Å². The third-order valence-corrected chi connectivity index (χ3v) is 5.42. The molecule has 1 fully saturated rings. The molecule has 1 saturated carbocycles. The van der Waals surface area contributed by atoms with Gasteiger partial charge in [-0.3, -0.25) is 0 Å². The van der Waals surface area contributed by atoms with Crippen LogP contribution < -0.4 is 5.32 Å². The van der Waals surface area contributed by atoms with E-state index in [4.69, 9.17) is 0 Å². The van der Waals surface area contributed by atoms with Gasteiger partial charge in [0.05, 0.1) is 6.54 Å². The number of hydrogen-bond donors (Lipinski definition) is 1. The SMILES string of the molecule is CCC1CCCCC1Sc1nnnn1CCNC(C)C. The molecule has 2 atom stereocenters. The fourth-order valence-electron chi connectivity index (χ4n) is 2.81. The van der Waals surface area contributed by atoms with Gasteiger partial charge in [0.15, 0.2) is 0 Å². The van der Waals surface area contributed by atoms with Crippen LogP contribution >= 0.6 is 11.8 Å². The Morgan fingerprint density at radius 2 is 2.15 bits per heavy atom. The lowest BCUT2D eigenvalue weighted by Gasteiger charge is -2.29. The van der Waals surface area contributed by atoms with Gasteiger partial charge in [0.25, 0.3) is 0 Å². The number of aromatic nitrogens is 4. The average molecular weight is 297 g/mol. The van der Waals surface area contributed by atoms with E-state index in [1.807, 2.05) is 16.4 Å². The summed E-state index contributed by atoms with van der Waals surface area (Å²) in [5.74, 6) is 0.827. The highest BCUT2D eigenvalue weighted by Gasteiger charge is 2.26. The molecular weight excluding hydrogens is 270 g/mol. The predicted octanol–water partition coefficient (Wildman–Crippen LogP) is 2.73. The Bertz CT molecular complexity index is 393. The van der Waals surface area contributed by atoms with E-state index in [-0.39, 0.29) is 0 Å². The van der Waals surface area contributed by atoms with Gasteiger partial charge in [-0.1, -0.05) is 51.8 Å². The van der Waals surface area contributed by atoms with Gasteiger partial charge in [0.2, 0.25) is 5.16 Å². The zero-order valence-corrected chi connectivity index (χ0v) is 13.7. The lowest BCUT2D eigenvalue weighted by Crippen LogP contribution is -2.27. The molecule has 0 saturated heterocycles. The van der Waals surface area contributed by atoms with Gasteiger partial charge in [-0.2, -0.15) is 0 Å². The van der Waals surface area contributed by atoms with E-state index < -0.39 is 0 Å². The predicted molar refractivity (Wildman–Crippen MR) is 82.8 cm³/mol. The smallest absolute Gasteiger partial charge is 0.209 e. The molecule has 5 nitrogen and oxygen atoms in total. The molecule has 6 heteroatoms. The molecule has 0 radical (unpaired) electrons. The van der Waals surface area contributed by atoms with Gasteiger partial charge < -0.3 is 5.32 Å². The molecule has 0 amide bonds. The maximum absolute atomic E-state index is 4.21. The monoisotopic (exact) mass is 297 g/mol. The highest BCUT2D eigenvalue weighted by atomic mass is 32.2. The summed E-state index contributed by atoms with van der Waals surface area (Å²) >= 11 is 1.89. The number of nitrogens with one attached hydrogen (secondary N) is 1. The average Bonchev–Trinajstić information content (AvgIpc) is 2.86. The van der Waals surface area contributed by atoms with Crippen molar-refractivity contribution < 1.29 is 0 Å². The van der Waals surface area contributed by atoms with E-state index in [1.165, 1.54) is 32.1 Å². The molecule has 1 aliphatic carbocycles. The zero-order chi connectivity index (χ0) is 14.4. The van der Waals surface area contributed by atoms with Gasteiger partial charge in [-0.25, -0.2) is 4.68 Å². The van der Waals surface area contributed by atoms with Gasteiger partial charge in [-0.05, 0) is 29.2 Å². The minimum absolute atomic E-state index is 0.505. The third kappa shape index (κ3) is 4.45. The molecule has 0 aliphatic heterocycles. The molecule has 114 valence electrons. The molecule has 20 heavy (non-hydrogen) atoms. The van der Waals surface area contributed by atoms with Gasteiger partial charge >= 0.3 is 0 Å². The first kappa shape index (κ1) is 15.8. The van der Waals surface area contributed by atoms with Crippen LogP contribution in [-0.2, 0) is 6.54 Å². The van der Waals surface area contributed by atoms with Crippen LogP contribution in [0, 0.1) is 5.92 Å². The Kier molecular flexibility index (Phi) is 6.29. The van der Waals surface area contributed by atoms with E-state index in [2.05, 4.69) is 41.6 Å². The number of hydrogen-bond acceptors (Lipinski definition) is 5. The standard InChI is InChI=1S/C14H27N5S/c1-4-12-7-5-6-8-13(12)20-14-16-17-18-19(14)10-9-15-11(2)3/h11-13,15H,4-10H2,1-3H3. The van der Waals surface area contributed by atoms with Crippen molar-refractivity contribution in [2.75, 3.05) is 6.54 Å². The Hall–Kier alpha value is -0.620. The molecule has 1 heterocycles. The molecule has 2 unspecified atom stereocenters. The summed E-state index contributed by atoms with van der Waals surface area (Å²) < 4.78 is 1.95. The first-order valence-electron chi connectivity index (χ1n) is 7.87. The second-order valence-electron chi connectivity index (χ2n) is 5.90. The van der Waals surface area contributed by atoms with Crippen molar-refractivity contribution in [1.82, 2.24) is 25.5 Å². The summed E-state index contributed by atoms with van der Waals surface area (Å²) in [5, 5.41) is 17.3. The number of thioether (sulfide) groups is 1. The van der Waals surface area contributed by atoms with Crippen LogP contribution in [0.2, 0.25) is 0 Å². The Labute approximate surface area is 126 Å². The van der Waals surface area contributed by atoms with E-state index in [0.29, 0.717) is 11.3 Å². The largest absolute Gasteiger partial charge is 0.313 e. The Morgan fingerprint density at radius 1 is 1.35 bits per heavy atom. The van der Waals surface area contributed by atoms with Gasteiger partial charge in [0, 0.05) is 17.8 Å². The molecule has 1 N–H and O–H groups in total. The summed E-state index contributed by atoms with van der Waals surface area (Å²) in [7, 11) is 0. The Balaban J connectivity index is 1.90. The van der Waals surface area contributed by atoms with Gasteiger partial charge in [0.1, 0.15) is 0 Å². The van der Waals surface area contributed by atoms with Crippen LogP contribution in [0.25, 0.3) is 0 Å². The van der Waals surface area contributed by atoms with Crippen molar-refractivity contribution in [2.24, 2.45) is 5.92 Å². The van der Waals surface area contributed by atoms with Crippen molar-refractivity contribution in [3.63, 3.8) is 0 Å². The molecule has 0 bridgehead atoms. The van der Waals surface area contributed by atoms with Crippen molar-refractivity contribution in [1.29, 1.82) is 0 Å². The molecule has 1 aromatic heterocycles. The van der Waals surface area contributed by atoms with Gasteiger partial charge in [-0.15, -0.1) is 5.10 Å². The first-order valence-corrected chi connectivity index (χ1v) is 8.75. The van der Waals surface area contributed by atoms with E-state index in [9.17, 15) is 0 Å². The van der Waals surface area contributed by atoms with Crippen molar-refractivity contribution in [3.8, 4) is 0 Å². The topological polar surface area (TPSA) is 55.6 Å². The van der Waals surface area contributed by atoms with Crippen molar-refractivity contribution >= 4 is 11.8 Å². The number of tetrazole rings is 1. The highest BCUT2D eigenvalue weighted by molar-refractivity contribution is 7.99. The normalized spacial score (nSPS) is 23.4. The number of rotatable bonds is 7. The molecule has 1 aliphatic rings. The van der Waals surface area contributed by atoms with Crippen LogP contribution in [0.15, 0.2) is 5.16 Å². The summed E-state index contributed by atoms with van der Waals surface area (Å²) in [4.78, 5) is 0. The molecular formula is C14H27N5S. The summed E-state index contributed by atoms with van der Waals surface area (Å²) in [5.41, 5.74) is 0. The summed E-state index contributed by atoms with van der Waals surface area (Å²) in [6.45, 7) is 8.38. The molecule has 2 rings (SSSR count). The molecule has 0 aromatic carbocycles. The van der Waals surface area contributed by atoms with Crippen LogP contribution in [0.3, 0.4) is 0 Å². The van der Waals surface area contributed by atoms with Crippen LogP contribution in [0.1, 0.15) is 52.9 Å². The summed E-state index contributed by atoms with van der Waals surface area (Å²) in [6.07, 6.45) is 6.68. The second-order valence-corrected chi connectivity index (χ2v) is 7.11. The summed E-state index contributed by atoms with van der Waals surface area (Å²) in [6, 6.07) is 0.505. The Morgan fingerprint density at radius 3 is 2.90 bits per heavy atom. The molecule has 1 aromatic rings. The first-order chi connectivity index (χ1) is 9.70. The van der Waals surface area contributed by atoms with E-state index in [0.717, 1.165) is 24.2 Å². The zero-order valence-electron chi connectivity index (χ0n) is 12.9. The van der Waals surface area contributed by atoms with Crippen molar-refractivity contribution in [3.05, 3.63) is 0 Å². The molecule has 0 spiro atoms. The maximum atomic E-state index is 4.21. The second kappa shape index (κ2) is 7.98. The quantitative estimate of drug-likeness (QED) is 0.838. The fraction of sp³-hybridized carbons (Fsp3) is 0.929. The van der Waals surface area contributed by atoms with Crippen LogP contribution in [0.5, 0.6) is 0 Å². The number of nitrogens with zero attached hydrogens (tertiary/aromatic N) is 4. The van der Waals surface area contributed by atoms with Crippen molar-refractivity contribution in [2.45, 2.75) is 75.9 Å². The third-order valence-electron chi connectivity index (χ3n) is 4.00. The van der Waals surface area contributed by atoms with E-state index >= 15 is 0 Å².